The van der Waals surface area contributed by atoms with Crippen LogP contribution >= 0.6 is 27.3 Å². The second kappa shape index (κ2) is 7.41. The van der Waals surface area contributed by atoms with Gasteiger partial charge in [-0.3, -0.25) is 4.79 Å². The maximum absolute atomic E-state index is 13.2. The molecule has 0 N–H and O–H groups in total. The van der Waals surface area contributed by atoms with Crippen LogP contribution < -0.4 is 4.90 Å². The summed E-state index contributed by atoms with van der Waals surface area (Å²) >= 11 is 5.11. The number of thiophene rings is 1. The fourth-order valence-electron chi connectivity index (χ4n) is 3.32. The van der Waals surface area contributed by atoms with Gasteiger partial charge in [-0.15, -0.1) is 11.3 Å². The molecule has 3 aromatic rings. The molecule has 2 heterocycles. The number of nitrogens with zero attached hydrogens (tertiary/aromatic N) is 2. The van der Waals surface area contributed by atoms with Gasteiger partial charge in [-0.25, -0.2) is 4.99 Å². The van der Waals surface area contributed by atoms with Crippen LogP contribution in [0, 0.1) is 13.8 Å². The van der Waals surface area contributed by atoms with Gasteiger partial charge < -0.3 is 4.90 Å². The van der Waals surface area contributed by atoms with Crippen molar-refractivity contribution in [2.45, 2.75) is 26.8 Å². The predicted molar refractivity (Wildman–Crippen MR) is 116 cm³/mol. The van der Waals surface area contributed by atoms with Crippen molar-refractivity contribution in [3.63, 3.8) is 0 Å². The summed E-state index contributed by atoms with van der Waals surface area (Å²) in [6.07, 6.45) is 0.298. The van der Waals surface area contributed by atoms with Crippen LogP contribution in [0.2, 0.25) is 0 Å². The van der Waals surface area contributed by atoms with E-state index in [1.54, 1.807) is 11.3 Å². The second-order valence-corrected chi connectivity index (χ2v) is 9.20. The van der Waals surface area contributed by atoms with Gasteiger partial charge in [0.2, 0.25) is 5.91 Å². The van der Waals surface area contributed by atoms with E-state index in [1.165, 1.54) is 11.1 Å². The molecule has 1 aromatic heterocycles. The zero-order valence-corrected chi connectivity index (χ0v) is 17.6. The van der Waals surface area contributed by atoms with E-state index >= 15 is 0 Å². The minimum Gasteiger partial charge on any atom is -0.306 e. The van der Waals surface area contributed by atoms with Crippen molar-refractivity contribution in [2.75, 3.05) is 4.90 Å². The monoisotopic (exact) mass is 438 g/mol. The average molecular weight is 439 g/mol. The van der Waals surface area contributed by atoms with E-state index in [4.69, 9.17) is 4.99 Å². The van der Waals surface area contributed by atoms with Gasteiger partial charge in [0.05, 0.1) is 38.7 Å². The van der Waals surface area contributed by atoms with Gasteiger partial charge in [-0.1, -0.05) is 35.9 Å². The number of amides is 1. The van der Waals surface area contributed by atoms with Crippen molar-refractivity contribution in [1.29, 1.82) is 0 Å². The molecule has 0 radical (unpaired) electrons. The molecule has 0 unspecified atom stereocenters. The highest BCUT2D eigenvalue weighted by molar-refractivity contribution is 9.11. The quantitative estimate of drug-likeness (QED) is 0.479. The lowest BCUT2D eigenvalue weighted by molar-refractivity contribution is -0.117. The van der Waals surface area contributed by atoms with E-state index in [1.807, 2.05) is 41.3 Å². The molecular formula is C22H19BrN2OS. The number of fused-ring (bicyclic) bond motifs is 1. The molecule has 0 saturated heterocycles. The highest BCUT2D eigenvalue weighted by atomic mass is 79.9. The van der Waals surface area contributed by atoms with Crippen molar-refractivity contribution < 1.29 is 4.79 Å². The molecule has 0 saturated carbocycles. The third-order valence-electron chi connectivity index (χ3n) is 4.73. The first kappa shape index (κ1) is 18.1. The normalized spacial score (nSPS) is 14.0. The van der Waals surface area contributed by atoms with Crippen LogP contribution in [0.5, 0.6) is 0 Å². The fourth-order valence-corrected chi connectivity index (χ4v) is 4.70. The van der Waals surface area contributed by atoms with Gasteiger partial charge >= 0.3 is 0 Å². The van der Waals surface area contributed by atoms with Crippen molar-refractivity contribution in [1.82, 2.24) is 0 Å². The van der Waals surface area contributed by atoms with E-state index in [2.05, 4.69) is 48.0 Å². The summed E-state index contributed by atoms with van der Waals surface area (Å²) in [6, 6.07) is 18.3. The molecule has 4 rings (SSSR count). The zero-order valence-electron chi connectivity index (χ0n) is 15.2. The Morgan fingerprint density at radius 1 is 1.11 bits per heavy atom. The van der Waals surface area contributed by atoms with Crippen molar-refractivity contribution >= 4 is 50.3 Å². The largest absolute Gasteiger partial charge is 0.306 e. The molecule has 27 heavy (non-hydrogen) atoms. The minimum absolute atomic E-state index is 0.0724. The first-order valence-corrected chi connectivity index (χ1v) is 10.4. The number of aliphatic imine (C=N–C) groups is 1. The molecule has 0 fully saturated rings. The number of para-hydroxylation sites is 2. The number of hydrogen-bond acceptors (Lipinski definition) is 3. The van der Waals surface area contributed by atoms with E-state index < -0.39 is 0 Å². The zero-order chi connectivity index (χ0) is 19.0. The Kier molecular flexibility index (Phi) is 4.98. The van der Waals surface area contributed by atoms with E-state index in [-0.39, 0.29) is 5.91 Å². The Balaban J connectivity index is 1.74. The average Bonchev–Trinajstić information content (AvgIpc) is 3.01. The smallest absolute Gasteiger partial charge is 0.233 e. The lowest BCUT2D eigenvalue weighted by Gasteiger charge is -2.23. The van der Waals surface area contributed by atoms with Gasteiger partial charge in [-0.05, 0) is 65.2 Å². The Hall–Kier alpha value is -2.24. The van der Waals surface area contributed by atoms with Crippen LogP contribution in [-0.2, 0) is 11.3 Å². The third kappa shape index (κ3) is 3.75. The van der Waals surface area contributed by atoms with Crippen molar-refractivity contribution in [3.8, 4) is 0 Å². The maximum Gasteiger partial charge on any atom is 0.233 e. The van der Waals surface area contributed by atoms with Gasteiger partial charge in [0.25, 0.3) is 0 Å². The topological polar surface area (TPSA) is 32.7 Å². The number of anilines is 1. The van der Waals surface area contributed by atoms with Crippen molar-refractivity contribution in [3.05, 3.63) is 80.0 Å². The molecule has 5 heteroatoms. The van der Waals surface area contributed by atoms with E-state index in [9.17, 15) is 4.79 Å². The lowest BCUT2D eigenvalue weighted by atomic mass is 10.0. The molecule has 0 spiro atoms. The third-order valence-corrected chi connectivity index (χ3v) is 6.40. The highest BCUT2D eigenvalue weighted by Crippen LogP contribution is 2.35. The summed E-state index contributed by atoms with van der Waals surface area (Å²) in [4.78, 5) is 20.9. The SMILES string of the molecule is Cc1ccc(CN2C(=O)CC(c3ccc(Br)s3)=Nc3ccccc32)c(C)c1. The van der Waals surface area contributed by atoms with Crippen LogP contribution in [0.25, 0.3) is 0 Å². The number of benzene rings is 2. The maximum atomic E-state index is 13.2. The number of halogens is 1. The molecule has 136 valence electrons. The highest BCUT2D eigenvalue weighted by Gasteiger charge is 2.25. The van der Waals surface area contributed by atoms with E-state index in [0.717, 1.165) is 31.3 Å². The fraction of sp³-hybridized carbons (Fsp3) is 0.182. The van der Waals surface area contributed by atoms with Gasteiger partial charge in [0, 0.05) is 0 Å². The number of hydrogen-bond donors (Lipinski definition) is 0. The van der Waals surface area contributed by atoms with Gasteiger partial charge in [0.1, 0.15) is 0 Å². The summed E-state index contributed by atoms with van der Waals surface area (Å²) in [6.45, 7) is 4.74. The van der Waals surface area contributed by atoms with Crippen LogP contribution in [-0.4, -0.2) is 11.6 Å². The Morgan fingerprint density at radius 3 is 2.67 bits per heavy atom. The molecule has 2 aromatic carbocycles. The summed E-state index contributed by atoms with van der Waals surface area (Å²) in [5.74, 6) is 0.0724. The molecule has 0 atom stereocenters. The number of aryl methyl sites for hydroxylation is 2. The Labute approximate surface area is 171 Å². The Bertz CT molecular complexity index is 1050. The van der Waals surface area contributed by atoms with E-state index in [0.29, 0.717) is 13.0 Å². The number of carbonyl (C=O) groups is 1. The first-order chi connectivity index (χ1) is 13.0. The molecular weight excluding hydrogens is 420 g/mol. The summed E-state index contributed by atoms with van der Waals surface area (Å²) < 4.78 is 1.04. The van der Waals surface area contributed by atoms with Crippen LogP contribution in [0.4, 0.5) is 11.4 Å². The molecule has 1 amide bonds. The Morgan fingerprint density at radius 2 is 1.93 bits per heavy atom. The molecule has 0 bridgehead atoms. The molecule has 1 aliphatic heterocycles. The van der Waals surface area contributed by atoms with Crippen LogP contribution in [0.15, 0.2) is 63.4 Å². The molecule has 0 aliphatic carbocycles. The molecule has 1 aliphatic rings. The first-order valence-electron chi connectivity index (χ1n) is 8.80. The standard InChI is InChI=1S/C22H19BrN2OS/c1-14-7-8-16(15(2)11-14)13-25-19-6-4-3-5-17(19)24-18(12-22(25)26)20-9-10-21(23)27-20/h3-11H,12-13H2,1-2H3. The van der Waals surface area contributed by atoms with Gasteiger partial charge in [0.15, 0.2) is 0 Å². The predicted octanol–water partition coefficient (Wildman–Crippen LogP) is 6.19. The number of rotatable bonds is 3. The van der Waals surface area contributed by atoms with Crippen LogP contribution in [0.3, 0.4) is 0 Å². The molecule has 3 nitrogen and oxygen atoms in total. The lowest BCUT2D eigenvalue weighted by Crippen LogP contribution is -2.31. The van der Waals surface area contributed by atoms with Gasteiger partial charge in [-0.2, -0.15) is 0 Å². The summed E-state index contributed by atoms with van der Waals surface area (Å²) in [5, 5.41) is 0. The van der Waals surface area contributed by atoms with Crippen molar-refractivity contribution in [2.24, 2.45) is 4.99 Å². The summed E-state index contributed by atoms with van der Waals surface area (Å²) in [5.41, 5.74) is 6.12. The number of carbonyl (C=O) groups excluding carboxylic acids is 1. The summed E-state index contributed by atoms with van der Waals surface area (Å²) in [7, 11) is 0. The minimum atomic E-state index is 0.0724. The van der Waals surface area contributed by atoms with Crippen LogP contribution in [0.1, 0.15) is 28.0 Å². The second-order valence-electron chi connectivity index (χ2n) is 6.74.